The van der Waals surface area contributed by atoms with Crippen LogP contribution in [0.4, 0.5) is 5.82 Å². The highest BCUT2D eigenvalue weighted by atomic mass is 15.2. The highest BCUT2D eigenvalue weighted by Crippen LogP contribution is 2.23. The van der Waals surface area contributed by atoms with E-state index in [0.29, 0.717) is 11.5 Å². The first-order valence-corrected chi connectivity index (χ1v) is 7.24. The van der Waals surface area contributed by atoms with Crippen LogP contribution in [-0.2, 0) is 0 Å². The molecule has 0 bridgehead atoms. The van der Waals surface area contributed by atoms with Crippen LogP contribution in [0.15, 0.2) is 30.3 Å². The summed E-state index contributed by atoms with van der Waals surface area (Å²) in [6.07, 6.45) is 1.15. The van der Waals surface area contributed by atoms with Crippen LogP contribution in [0, 0.1) is 17.2 Å². The summed E-state index contributed by atoms with van der Waals surface area (Å²) < 4.78 is 0. The average molecular weight is 267 g/mol. The number of pyridine rings is 1. The Kier molecular flexibility index (Phi) is 4.57. The van der Waals surface area contributed by atoms with Crippen LogP contribution in [-0.4, -0.2) is 18.1 Å². The summed E-state index contributed by atoms with van der Waals surface area (Å²) in [5.74, 6) is 1.52. The van der Waals surface area contributed by atoms with E-state index in [9.17, 15) is 5.26 Å². The molecule has 0 aliphatic rings. The molecule has 3 nitrogen and oxygen atoms in total. The van der Waals surface area contributed by atoms with Gasteiger partial charge in [-0.05, 0) is 25.0 Å². The molecule has 1 aromatic carbocycles. The minimum absolute atomic E-state index is 0.619. The van der Waals surface area contributed by atoms with Crippen molar-refractivity contribution in [1.82, 2.24) is 4.98 Å². The van der Waals surface area contributed by atoms with Crippen LogP contribution in [0.5, 0.6) is 0 Å². The molecule has 3 heteroatoms. The van der Waals surface area contributed by atoms with Gasteiger partial charge in [-0.15, -0.1) is 0 Å². The highest BCUT2D eigenvalue weighted by molar-refractivity contribution is 5.86. The lowest BCUT2D eigenvalue weighted by atomic mass is 10.1. The number of aromatic nitrogens is 1. The predicted molar refractivity (Wildman–Crippen MR) is 83.8 cm³/mol. The zero-order valence-corrected chi connectivity index (χ0v) is 12.4. The van der Waals surface area contributed by atoms with Crippen molar-refractivity contribution >= 4 is 16.7 Å². The third-order valence-corrected chi connectivity index (χ3v) is 3.76. The van der Waals surface area contributed by atoms with Gasteiger partial charge in [-0.1, -0.05) is 38.5 Å². The van der Waals surface area contributed by atoms with E-state index in [1.54, 1.807) is 0 Å². The van der Waals surface area contributed by atoms with Crippen molar-refractivity contribution in [2.45, 2.75) is 27.2 Å². The zero-order chi connectivity index (χ0) is 14.5. The lowest BCUT2D eigenvalue weighted by molar-refractivity contribution is 0.546. The minimum Gasteiger partial charge on any atom is -0.357 e. The van der Waals surface area contributed by atoms with Crippen molar-refractivity contribution in [1.29, 1.82) is 5.26 Å². The predicted octanol–water partition coefficient (Wildman–Crippen LogP) is 3.98. The van der Waals surface area contributed by atoms with Gasteiger partial charge in [-0.25, -0.2) is 4.98 Å². The SMILES string of the molecule is CCC(C)CN(CC)c1cc(C#N)c2ccccc2n1. The van der Waals surface area contributed by atoms with Gasteiger partial charge in [-0.3, -0.25) is 0 Å². The smallest absolute Gasteiger partial charge is 0.130 e. The van der Waals surface area contributed by atoms with E-state index >= 15 is 0 Å². The molecule has 104 valence electrons. The summed E-state index contributed by atoms with van der Waals surface area (Å²) in [5, 5.41) is 10.3. The molecular formula is C17H21N3. The number of hydrogen-bond acceptors (Lipinski definition) is 3. The molecule has 0 amide bonds. The van der Waals surface area contributed by atoms with Crippen molar-refractivity contribution in [2.24, 2.45) is 5.92 Å². The number of fused-ring (bicyclic) bond motifs is 1. The van der Waals surface area contributed by atoms with Crippen molar-refractivity contribution in [3.8, 4) is 6.07 Å². The Labute approximate surface area is 120 Å². The van der Waals surface area contributed by atoms with Crippen molar-refractivity contribution < 1.29 is 0 Å². The molecule has 0 saturated carbocycles. The first-order valence-electron chi connectivity index (χ1n) is 7.24. The fourth-order valence-corrected chi connectivity index (χ4v) is 2.31. The number of rotatable bonds is 5. The van der Waals surface area contributed by atoms with Gasteiger partial charge in [0.2, 0.25) is 0 Å². The largest absolute Gasteiger partial charge is 0.357 e. The number of para-hydroxylation sites is 1. The van der Waals surface area contributed by atoms with Gasteiger partial charge in [-0.2, -0.15) is 5.26 Å². The average Bonchev–Trinajstić information content (AvgIpc) is 2.51. The molecule has 1 atom stereocenters. The summed E-state index contributed by atoms with van der Waals surface area (Å²) in [7, 11) is 0. The van der Waals surface area contributed by atoms with E-state index in [1.807, 2.05) is 30.3 Å². The molecule has 0 N–H and O–H groups in total. The van der Waals surface area contributed by atoms with Crippen LogP contribution in [0.2, 0.25) is 0 Å². The normalized spacial score (nSPS) is 12.1. The maximum absolute atomic E-state index is 9.35. The maximum Gasteiger partial charge on any atom is 0.130 e. The molecule has 20 heavy (non-hydrogen) atoms. The monoisotopic (exact) mass is 267 g/mol. The number of benzene rings is 1. The van der Waals surface area contributed by atoms with E-state index < -0.39 is 0 Å². The third kappa shape index (κ3) is 2.91. The second kappa shape index (κ2) is 6.38. The summed E-state index contributed by atoms with van der Waals surface area (Å²) in [5.41, 5.74) is 1.59. The third-order valence-electron chi connectivity index (χ3n) is 3.76. The Hall–Kier alpha value is -2.08. The molecule has 0 spiro atoms. The fourth-order valence-electron chi connectivity index (χ4n) is 2.31. The lowest BCUT2D eigenvalue weighted by Gasteiger charge is -2.25. The van der Waals surface area contributed by atoms with Crippen molar-refractivity contribution in [2.75, 3.05) is 18.0 Å². The maximum atomic E-state index is 9.35. The number of nitrogens with zero attached hydrogens (tertiary/aromatic N) is 3. The van der Waals surface area contributed by atoms with E-state index in [0.717, 1.165) is 36.2 Å². The van der Waals surface area contributed by atoms with Crippen molar-refractivity contribution in [3.63, 3.8) is 0 Å². The molecule has 2 aromatic rings. The van der Waals surface area contributed by atoms with Gasteiger partial charge in [0.05, 0.1) is 17.1 Å². The molecule has 0 aliphatic heterocycles. The van der Waals surface area contributed by atoms with Gasteiger partial charge in [0.1, 0.15) is 5.82 Å². The molecule has 1 heterocycles. The molecule has 1 aromatic heterocycles. The van der Waals surface area contributed by atoms with Crippen LogP contribution < -0.4 is 4.90 Å². The van der Waals surface area contributed by atoms with Crippen molar-refractivity contribution in [3.05, 3.63) is 35.9 Å². The number of hydrogen-bond donors (Lipinski definition) is 0. The number of anilines is 1. The van der Waals surface area contributed by atoms with Gasteiger partial charge >= 0.3 is 0 Å². The van der Waals surface area contributed by atoms with Gasteiger partial charge in [0, 0.05) is 18.5 Å². The zero-order valence-electron chi connectivity index (χ0n) is 12.4. The summed E-state index contributed by atoms with van der Waals surface area (Å²) in [6.45, 7) is 8.46. The van der Waals surface area contributed by atoms with E-state index in [1.165, 1.54) is 0 Å². The highest BCUT2D eigenvalue weighted by Gasteiger charge is 2.12. The van der Waals surface area contributed by atoms with E-state index in [-0.39, 0.29) is 0 Å². The standard InChI is InChI=1S/C17H21N3/c1-4-13(3)12-20(5-2)17-10-14(11-18)15-8-6-7-9-16(15)19-17/h6-10,13H,4-5,12H2,1-3H3. The minimum atomic E-state index is 0.619. The molecule has 2 rings (SSSR count). The Morgan fingerprint density at radius 3 is 2.70 bits per heavy atom. The second-order valence-electron chi connectivity index (χ2n) is 5.21. The molecule has 0 aliphatic carbocycles. The Balaban J connectivity index is 2.46. The lowest BCUT2D eigenvalue weighted by Crippen LogP contribution is -2.28. The first-order chi connectivity index (χ1) is 9.69. The topological polar surface area (TPSA) is 39.9 Å². The molecule has 0 fully saturated rings. The molecule has 0 saturated heterocycles. The van der Waals surface area contributed by atoms with Gasteiger partial charge < -0.3 is 4.90 Å². The van der Waals surface area contributed by atoms with Crippen LogP contribution in [0.1, 0.15) is 32.8 Å². The van der Waals surface area contributed by atoms with E-state index in [4.69, 9.17) is 4.98 Å². The second-order valence-corrected chi connectivity index (χ2v) is 5.21. The molecular weight excluding hydrogens is 246 g/mol. The fraction of sp³-hybridized carbons (Fsp3) is 0.412. The van der Waals surface area contributed by atoms with Crippen LogP contribution in [0.25, 0.3) is 10.9 Å². The van der Waals surface area contributed by atoms with Gasteiger partial charge in [0.25, 0.3) is 0 Å². The summed E-state index contributed by atoms with van der Waals surface area (Å²) in [6, 6.07) is 12.0. The van der Waals surface area contributed by atoms with Gasteiger partial charge in [0.15, 0.2) is 0 Å². The summed E-state index contributed by atoms with van der Waals surface area (Å²) >= 11 is 0. The van der Waals surface area contributed by atoms with E-state index in [2.05, 4.69) is 31.7 Å². The Morgan fingerprint density at radius 2 is 2.05 bits per heavy atom. The molecule has 1 unspecified atom stereocenters. The summed E-state index contributed by atoms with van der Waals surface area (Å²) in [4.78, 5) is 6.97. The number of nitriles is 1. The van der Waals surface area contributed by atoms with Crippen LogP contribution in [0.3, 0.4) is 0 Å². The molecule has 0 radical (unpaired) electrons. The Bertz CT molecular complexity index is 628. The first kappa shape index (κ1) is 14.3. The quantitative estimate of drug-likeness (QED) is 0.822. The Morgan fingerprint density at radius 1 is 1.30 bits per heavy atom. The van der Waals surface area contributed by atoms with Crippen LogP contribution >= 0.6 is 0 Å².